The van der Waals surface area contributed by atoms with Gasteiger partial charge in [-0.25, -0.2) is 9.78 Å². The number of aliphatic carboxylic acids is 1. The van der Waals surface area contributed by atoms with Crippen molar-refractivity contribution in [3.05, 3.63) is 54.1 Å². The zero-order valence-electron chi connectivity index (χ0n) is 22.0. The summed E-state index contributed by atoms with van der Waals surface area (Å²) in [5.74, 6) is -2.06. The Morgan fingerprint density at radius 3 is 2.18 bits per heavy atom. The van der Waals surface area contributed by atoms with Crippen molar-refractivity contribution >= 4 is 35.5 Å². The smallest absolute Gasteiger partial charge is 0.326 e. The Morgan fingerprint density at radius 2 is 1.61 bits per heavy atom. The Bertz CT molecular complexity index is 1030. The molecule has 0 radical (unpaired) electrons. The van der Waals surface area contributed by atoms with Crippen LogP contribution in [-0.2, 0) is 32.0 Å². The third-order valence-corrected chi connectivity index (χ3v) is 6.46. The van der Waals surface area contributed by atoms with E-state index in [1.807, 2.05) is 26.2 Å². The molecule has 0 aliphatic rings. The number of nitrogens with zero attached hydrogens (tertiary/aromatic N) is 1. The van der Waals surface area contributed by atoms with E-state index in [0.29, 0.717) is 24.3 Å². The van der Waals surface area contributed by atoms with Gasteiger partial charge in [0.25, 0.3) is 0 Å². The molecule has 4 atom stereocenters. The molecule has 208 valence electrons. The number of hydrogen-bond donors (Lipinski definition) is 6. The summed E-state index contributed by atoms with van der Waals surface area (Å²) in [6.45, 7) is 3.90. The van der Waals surface area contributed by atoms with Crippen molar-refractivity contribution in [1.82, 2.24) is 25.9 Å². The summed E-state index contributed by atoms with van der Waals surface area (Å²) in [7, 11) is 0. The first-order valence-electron chi connectivity index (χ1n) is 12.5. The number of aromatic amines is 1. The van der Waals surface area contributed by atoms with Crippen LogP contribution < -0.4 is 21.7 Å². The van der Waals surface area contributed by atoms with Gasteiger partial charge >= 0.3 is 5.97 Å². The predicted molar refractivity (Wildman–Crippen MR) is 146 cm³/mol. The molecule has 0 saturated heterocycles. The number of nitrogens with one attached hydrogen (secondary N) is 4. The van der Waals surface area contributed by atoms with Crippen LogP contribution in [0.5, 0.6) is 0 Å². The quantitative estimate of drug-likeness (QED) is 0.179. The third kappa shape index (κ3) is 10.5. The lowest BCUT2D eigenvalue weighted by Gasteiger charge is -2.25. The summed E-state index contributed by atoms with van der Waals surface area (Å²) >= 11 is 1.51. The average molecular weight is 547 g/mol. The van der Waals surface area contributed by atoms with Crippen LogP contribution in [0.4, 0.5) is 0 Å². The summed E-state index contributed by atoms with van der Waals surface area (Å²) in [6.07, 6.45) is 5.76. The molecular formula is C26H38N6O5S. The van der Waals surface area contributed by atoms with Crippen LogP contribution in [0.15, 0.2) is 42.9 Å². The molecule has 2 rings (SSSR count). The van der Waals surface area contributed by atoms with Crippen molar-refractivity contribution < 1.29 is 24.3 Å². The van der Waals surface area contributed by atoms with E-state index in [1.54, 1.807) is 24.3 Å². The fourth-order valence-corrected chi connectivity index (χ4v) is 4.29. The van der Waals surface area contributed by atoms with E-state index in [4.69, 9.17) is 5.73 Å². The number of carboxylic acids is 1. The lowest BCUT2D eigenvalue weighted by molar-refractivity contribution is -0.142. The summed E-state index contributed by atoms with van der Waals surface area (Å²) < 4.78 is 0. The number of thioether (sulfide) groups is 1. The highest BCUT2D eigenvalue weighted by molar-refractivity contribution is 7.98. The van der Waals surface area contributed by atoms with E-state index in [9.17, 15) is 24.3 Å². The minimum absolute atomic E-state index is 0.0469. The maximum atomic E-state index is 13.3. The molecule has 2 aromatic rings. The number of benzene rings is 1. The first-order valence-corrected chi connectivity index (χ1v) is 13.9. The molecule has 0 saturated carbocycles. The van der Waals surface area contributed by atoms with Gasteiger partial charge in [0.15, 0.2) is 0 Å². The first-order chi connectivity index (χ1) is 18.1. The molecule has 11 nitrogen and oxygen atoms in total. The monoisotopic (exact) mass is 546 g/mol. The second-order valence-corrected chi connectivity index (χ2v) is 10.5. The van der Waals surface area contributed by atoms with Gasteiger partial charge in [0.05, 0.1) is 12.4 Å². The summed E-state index contributed by atoms with van der Waals surface area (Å²) in [4.78, 5) is 57.9. The van der Waals surface area contributed by atoms with E-state index in [0.717, 1.165) is 5.56 Å². The minimum atomic E-state index is -1.20. The van der Waals surface area contributed by atoms with Gasteiger partial charge in [0.1, 0.15) is 18.1 Å². The largest absolute Gasteiger partial charge is 0.480 e. The number of hydrogen-bond acceptors (Lipinski definition) is 7. The predicted octanol–water partition coefficient (Wildman–Crippen LogP) is 0.860. The van der Waals surface area contributed by atoms with E-state index < -0.39 is 47.9 Å². The van der Waals surface area contributed by atoms with Crippen molar-refractivity contribution in [2.75, 3.05) is 12.0 Å². The highest BCUT2D eigenvalue weighted by Gasteiger charge is 2.31. The normalized spacial score (nSPS) is 14.2. The van der Waals surface area contributed by atoms with Crippen molar-refractivity contribution in [1.29, 1.82) is 0 Å². The maximum Gasteiger partial charge on any atom is 0.326 e. The molecule has 1 aromatic carbocycles. The van der Waals surface area contributed by atoms with E-state index >= 15 is 0 Å². The van der Waals surface area contributed by atoms with E-state index in [-0.39, 0.29) is 18.8 Å². The molecule has 0 aliphatic carbocycles. The molecule has 4 unspecified atom stereocenters. The second-order valence-electron chi connectivity index (χ2n) is 9.51. The molecule has 12 heteroatoms. The zero-order valence-corrected chi connectivity index (χ0v) is 22.8. The molecule has 38 heavy (non-hydrogen) atoms. The Morgan fingerprint density at radius 1 is 0.974 bits per heavy atom. The highest BCUT2D eigenvalue weighted by atomic mass is 32.2. The van der Waals surface area contributed by atoms with Crippen LogP contribution in [0.25, 0.3) is 0 Å². The Balaban J connectivity index is 2.18. The number of rotatable bonds is 16. The Labute approximate surface area is 227 Å². The maximum absolute atomic E-state index is 13.3. The highest BCUT2D eigenvalue weighted by Crippen LogP contribution is 2.08. The van der Waals surface area contributed by atoms with Gasteiger partial charge in [-0.3, -0.25) is 14.4 Å². The van der Waals surface area contributed by atoms with Crippen LogP contribution in [-0.4, -0.2) is 74.9 Å². The number of aromatic nitrogens is 2. The van der Waals surface area contributed by atoms with Crippen LogP contribution in [0.2, 0.25) is 0 Å². The van der Waals surface area contributed by atoms with Gasteiger partial charge in [0, 0.05) is 24.7 Å². The van der Waals surface area contributed by atoms with Gasteiger partial charge in [-0.1, -0.05) is 44.2 Å². The first kappa shape index (κ1) is 30.8. The second kappa shape index (κ2) is 15.8. The van der Waals surface area contributed by atoms with Gasteiger partial charge in [-0.2, -0.15) is 11.8 Å². The van der Waals surface area contributed by atoms with Crippen LogP contribution >= 0.6 is 11.8 Å². The summed E-state index contributed by atoms with van der Waals surface area (Å²) in [6, 6.07) is 4.94. The lowest BCUT2D eigenvalue weighted by Crippen LogP contribution is -2.58. The molecule has 0 bridgehead atoms. The lowest BCUT2D eigenvalue weighted by atomic mass is 10.0. The molecule has 3 amide bonds. The van der Waals surface area contributed by atoms with E-state index in [2.05, 4.69) is 25.9 Å². The Kier molecular flexibility index (Phi) is 12.8. The molecular weight excluding hydrogens is 508 g/mol. The van der Waals surface area contributed by atoms with Crippen molar-refractivity contribution in [2.24, 2.45) is 11.7 Å². The number of carbonyl (C=O) groups excluding carboxylic acids is 3. The number of amides is 3. The molecule has 0 aliphatic heterocycles. The SMILES string of the molecule is CSCCC(NC(=O)C(N)CC(C)C)C(=O)NC(Cc1cnc[nH]1)C(=O)NC(Cc1ccccc1)C(=O)O. The van der Waals surface area contributed by atoms with Gasteiger partial charge in [-0.05, 0) is 36.3 Å². The van der Waals surface area contributed by atoms with Crippen molar-refractivity contribution in [3.8, 4) is 0 Å². The molecule has 1 heterocycles. The minimum Gasteiger partial charge on any atom is -0.480 e. The fourth-order valence-electron chi connectivity index (χ4n) is 3.82. The van der Waals surface area contributed by atoms with Gasteiger partial charge in [0.2, 0.25) is 17.7 Å². The number of H-pyrrole nitrogens is 1. The molecule has 0 fully saturated rings. The fraction of sp³-hybridized carbons (Fsp3) is 0.500. The van der Waals surface area contributed by atoms with Crippen LogP contribution in [0.3, 0.4) is 0 Å². The number of carbonyl (C=O) groups is 4. The number of imidazole rings is 1. The van der Waals surface area contributed by atoms with Crippen LogP contribution in [0.1, 0.15) is 37.9 Å². The number of carboxylic acid groups (broad SMARTS) is 1. The van der Waals surface area contributed by atoms with Crippen molar-refractivity contribution in [3.63, 3.8) is 0 Å². The zero-order chi connectivity index (χ0) is 28.1. The molecule has 7 N–H and O–H groups in total. The van der Waals surface area contributed by atoms with Crippen molar-refractivity contribution in [2.45, 2.75) is 63.7 Å². The molecule has 0 spiro atoms. The average Bonchev–Trinajstić information content (AvgIpc) is 3.38. The third-order valence-electron chi connectivity index (χ3n) is 5.81. The van der Waals surface area contributed by atoms with Gasteiger partial charge in [-0.15, -0.1) is 0 Å². The summed E-state index contributed by atoms with van der Waals surface area (Å²) in [5, 5.41) is 17.7. The van der Waals surface area contributed by atoms with Crippen LogP contribution in [0, 0.1) is 5.92 Å². The number of nitrogens with two attached hydrogens (primary N) is 1. The van der Waals surface area contributed by atoms with Gasteiger partial charge < -0.3 is 31.8 Å². The summed E-state index contributed by atoms with van der Waals surface area (Å²) in [5.41, 5.74) is 7.32. The standard InChI is InChI=1S/C26H38N6O5S/c1-16(2)11-19(27)23(33)30-20(9-10-38-3)24(34)31-21(13-18-14-28-15-29-18)25(35)32-22(26(36)37)12-17-7-5-4-6-8-17/h4-8,14-16,19-22H,9-13,27H2,1-3H3,(H,28,29)(H,30,33)(H,31,34)(H,32,35)(H,36,37). The van der Waals surface area contributed by atoms with E-state index in [1.165, 1.54) is 24.3 Å². The topological polar surface area (TPSA) is 179 Å². The molecule has 1 aromatic heterocycles. The Hall–Kier alpha value is -3.38.